The van der Waals surface area contributed by atoms with Crippen molar-refractivity contribution >= 4 is 22.7 Å². The van der Waals surface area contributed by atoms with Gasteiger partial charge in [-0.05, 0) is 36.8 Å². The zero-order valence-corrected chi connectivity index (χ0v) is 11.1. The average Bonchev–Trinajstić information content (AvgIpc) is 2.86. The third-order valence-electron chi connectivity index (χ3n) is 2.71. The van der Waals surface area contributed by atoms with Gasteiger partial charge < -0.3 is 11.1 Å². The Balaban J connectivity index is 2.04. The molecule has 1 heterocycles. The molecule has 0 spiro atoms. The van der Waals surface area contributed by atoms with Gasteiger partial charge in [-0.25, -0.2) is 0 Å². The number of nitrogens with one attached hydrogen (secondary N) is 1. The number of benzene rings is 1. The van der Waals surface area contributed by atoms with Crippen LogP contribution in [0.15, 0.2) is 30.3 Å². The molecule has 1 aromatic carbocycles. The number of rotatable bonds is 4. The molecule has 0 unspecified atom stereocenters. The van der Waals surface area contributed by atoms with Crippen molar-refractivity contribution in [3.63, 3.8) is 0 Å². The molecule has 0 atom stereocenters. The van der Waals surface area contributed by atoms with Crippen LogP contribution in [0, 0.1) is 11.3 Å². The maximum atomic E-state index is 8.91. The maximum absolute atomic E-state index is 8.91. The largest absolute Gasteiger partial charge is 0.398 e. The first-order valence-electron chi connectivity index (χ1n) is 5.84. The summed E-state index contributed by atoms with van der Waals surface area (Å²) in [5.41, 5.74) is 7.64. The Morgan fingerprint density at radius 3 is 2.72 bits per heavy atom. The lowest BCUT2D eigenvalue weighted by Gasteiger charge is -2.06. The van der Waals surface area contributed by atoms with Crippen LogP contribution in [0.2, 0.25) is 0 Å². The molecule has 0 saturated heterocycles. The molecule has 0 fully saturated rings. The van der Waals surface area contributed by atoms with E-state index in [9.17, 15) is 0 Å². The Morgan fingerprint density at radius 1 is 1.28 bits per heavy atom. The molecule has 92 valence electrons. The van der Waals surface area contributed by atoms with E-state index in [2.05, 4.69) is 30.4 Å². The van der Waals surface area contributed by atoms with E-state index < -0.39 is 0 Å². The van der Waals surface area contributed by atoms with E-state index in [-0.39, 0.29) is 0 Å². The van der Waals surface area contributed by atoms with Gasteiger partial charge in [0.05, 0.1) is 5.56 Å². The van der Waals surface area contributed by atoms with Gasteiger partial charge >= 0.3 is 0 Å². The van der Waals surface area contributed by atoms with E-state index in [1.54, 1.807) is 12.1 Å². The molecule has 0 aliphatic rings. The Kier molecular flexibility index (Phi) is 3.85. The smallest absolute Gasteiger partial charge is 0.101 e. The zero-order chi connectivity index (χ0) is 13.0. The predicted octanol–water partition coefficient (Wildman–Crippen LogP) is 3.38. The number of nitrogens with zero attached hydrogens (tertiary/aromatic N) is 1. The number of hydrogen-bond donors (Lipinski definition) is 2. The summed E-state index contributed by atoms with van der Waals surface area (Å²) < 4.78 is 0. The average molecular weight is 257 g/mol. The van der Waals surface area contributed by atoms with E-state index in [4.69, 9.17) is 11.0 Å². The highest BCUT2D eigenvalue weighted by Gasteiger charge is 2.01. The van der Waals surface area contributed by atoms with Gasteiger partial charge in [-0.1, -0.05) is 6.92 Å². The number of hydrogen-bond acceptors (Lipinski definition) is 4. The van der Waals surface area contributed by atoms with Crippen molar-refractivity contribution in [2.45, 2.75) is 19.9 Å². The van der Waals surface area contributed by atoms with Gasteiger partial charge in [0.15, 0.2) is 0 Å². The number of nitrogen functional groups attached to an aromatic ring is 1. The minimum atomic E-state index is 0.514. The summed E-state index contributed by atoms with van der Waals surface area (Å²) in [6.07, 6.45) is 1.07. The van der Waals surface area contributed by atoms with Crippen LogP contribution in [0.4, 0.5) is 11.4 Å². The molecule has 0 aliphatic carbocycles. The topological polar surface area (TPSA) is 61.8 Å². The van der Waals surface area contributed by atoms with Crippen LogP contribution in [0.5, 0.6) is 0 Å². The first kappa shape index (κ1) is 12.5. The van der Waals surface area contributed by atoms with Crippen LogP contribution in [0.25, 0.3) is 0 Å². The zero-order valence-electron chi connectivity index (χ0n) is 10.2. The molecule has 18 heavy (non-hydrogen) atoms. The van der Waals surface area contributed by atoms with Gasteiger partial charge in [-0.2, -0.15) is 5.26 Å². The lowest BCUT2D eigenvalue weighted by atomic mass is 10.2. The molecule has 2 rings (SSSR count). The van der Waals surface area contributed by atoms with Crippen LogP contribution in [-0.4, -0.2) is 0 Å². The van der Waals surface area contributed by atoms with Crippen molar-refractivity contribution in [1.82, 2.24) is 0 Å². The molecule has 0 radical (unpaired) electrons. The highest BCUT2D eigenvalue weighted by atomic mass is 32.1. The van der Waals surface area contributed by atoms with Gasteiger partial charge in [0.25, 0.3) is 0 Å². The third kappa shape index (κ3) is 2.82. The number of aryl methyl sites for hydroxylation is 1. The normalized spacial score (nSPS) is 10.0. The van der Waals surface area contributed by atoms with Gasteiger partial charge in [0.2, 0.25) is 0 Å². The number of nitriles is 1. The highest BCUT2D eigenvalue weighted by molar-refractivity contribution is 7.12. The summed E-state index contributed by atoms with van der Waals surface area (Å²) in [5.74, 6) is 0. The highest BCUT2D eigenvalue weighted by Crippen LogP contribution is 2.20. The minimum Gasteiger partial charge on any atom is -0.398 e. The molecule has 3 N–H and O–H groups in total. The van der Waals surface area contributed by atoms with Gasteiger partial charge in [-0.3, -0.25) is 0 Å². The fraction of sp³-hybridized carbons (Fsp3) is 0.214. The molecule has 2 aromatic rings. The molecule has 3 nitrogen and oxygen atoms in total. The van der Waals surface area contributed by atoms with Crippen LogP contribution in [0.1, 0.15) is 22.2 Å². The lowest BCUT2D eigenvalue weighted by Crippen LogP contribution is -1.99. The Hall–Kier alpha value is -1.99. The molecule has 0 bridgehead atoms. The molecular formula is C14H15N3S. The van der Waals surface area contributed by atoms with Crippen LogP contribution in [-0.2, 0) is 13.0 Å². The first-order valence-corrected chi connectivity index (χ1v) is 6.65. The predicted molar refractivity (Wildman–Crippen MR) is 76.6 cm³/mol. The van der Waals surface area contributed by atoms with Gasteiger partial charge in [0.1, 0.15) is 6.07 Å². The van der Waals surface area contributed by atoms with Gasteiger partial charge in [0, 0.05) is 27.7 Å². The maximum Gasteiger partial charge on any atom is 0.101 e. The van der Waals surface area contributed by atoms with E-state index in [0.29, 0.717) is 11.3 Å². The molecule has 0 aliphatic heterocycles. The summed E-state index contributed by atoms with van der Waals surface area (Å²) in [7, 11) is 0. The lowest BCUT2D eigenvalue weighted by molar-refractivity contribution is 1.19. The second-order valence-electron chi connectivity index (χ2n) is 3.99. The standard InChI is InChI=1S/C14H15N3S/c1-2-12-4-5-13(18-12)9-17-11-3-6-14(16)10(7-11)8-15/h3-7,17H,2,9,16H2,1H3. The summed E-state index contributed by atoms with van der Waals surface area (Å²) >= 11 is 1.81. The van der Waals surface area contributed by atoms with Crippen LogP contribution >= 0.6 is 11.3 Å². The van der Waals surface area contributed by atoms with E-state index in [0.717, 1.165) is 18.7 Å². The minimum absolute atomic E-state index is 0.514. The fourth-order valence-electron chi connectivity index (χ4n) is 1.66. The fourth-order valence-corrected chi connectivity index (χ4v) is 2.56. The van der Waals surface area contributed by atoms with Crippen molar-refractivity contribution < 1.29 is 0 Å². The van der Waals surface area contributed by atoms with Crippen molar-refractivity contribution in [2.24, 2.45) is 0 Å². The SMILES string of the molecule is CCc1ccc(CNc2ccc(N)c(C#N)c2)s1. The van der Waals surface area contributed by atoms with Gasteiger partial charge in [-0.15, -0.1) is 11.3 Å². The second kappa shape index (κ2) is 5.56. The third-order valence-corrected chi connectivity index (χ3v) is 3.94. The van der Waals surface area contributed by atoms with Crippen LogP contribution < -0.4 is 11.1 Å². The van der Waals surface area contributed by atoms with E-state index in [1.165, 1.54) is 9.75 Å². The molecule has 4 heteroatoms. The Morgan fingerprint density at radius 2 is 2.06 bits per heavy atom. The van der Waals surface area contributed by atoms with Crippen LogP contribution in [0.3, 0.4) is 0 Å². The quantitative estimate of drug-likeness (QED) is 0.825. The van der Waals surface area contributed by atoms with E-state index in [1.807, 2.05) is 17.4 Å². The number of nitrogens with two attached hydrogens (primary N) is 1. The first-order chi connectivity index (χ1) is 8.72. The molecule has 0 saturated carbocycles. The molecule has 0 amide bonds. The van der Waals surface area contributed by atoms with Crippen molar-refractivity contribution in [3.8, 4) is 6.07 Å². The summed E-state index contributed by atoms with van der Waals surface area (Å²) in [6, 6.07) is 11.8. The van der Waals surface area contributed by atoms with Crippen molar-refractivity contribution in [3.05, 3.63) is 45.6 Å². The second-order valence-corrected chi connectivity index (χ2v) is 5.24. The summed E-state index contributed by atoms with van der Waals surface area (Å²) in [5, 5.41) is 12.2. The number of anilines is 2. The Labute approximate surface area is 111 Å². The summed E-state index contributed by atoms with van der Waals surface area (Å²) in [4.78, 5) is 2.68. The number of thiophene rings is 1. The van der Waals surface area contributed by atoms with Crippen molar-refractivity contribution in [2.75, 3.05) is 11.1 Å². The molecular weight excluding hydrogens is 242 g/mol. The summed E-state index contributed by atoms with van der Waals surface area (Å²) in [6.45, 7) is 2.93. The van der Waals surface area contributed by atoms with Crippen molar-refractivity contribution in [1.29, 1.82) is 5.26 Å². The molecule has 1 aromatic heterocycles. The monoisotopic (exact) mass is 257 g/mol. The Bertz CT molecular complexity index is 581. The van der Waals surface area contributed by atoms with E-state index >= 15 is 0 Å².